The van der Waals surface area contributed by atoms with Crippen molar-refractivity contribution in [2.24, 2.45) is 0 Å². The van der Waals surface area contributed by atoms with Crippen LogP contribution >= 0.6 is 0 Å². The van der Waals surface area contributed by atoms with E-state index < -0.39 is 0 Å². The third-order valence-electron chi connectivity index (χ3n) is 5.84. The van der Waals surface area contributed by atoms with Crippen LogP contribution in [0.25, 0.3) is 16.6 Å². The summed E-state index contributed by atoms with van der Waals surface area (Å²) in [5.74, 6) is 0.856. The monoisotopic (exact) mass is 417 g/mol. The highest BCUT2D eigenvalue weighted by atomic mass is 16.5. The number of nitrogens with zero attached hydrogens (tertiary/aromatic N) is 7. The van der Waals surface area contributed by atoms with Crippen molar-refractivity contribution in [1.29, 1.82) is 0 Å². The van der Waals surface area contributed by atoms with Crippen molar-refractivity contribution in [3.05, 3.63) is 67.1 Å². The molecule has 0 atom stereocenters. The summed E-state index contributed by atoms with van der Waals surface area (Å²) in [4.78, 5) is 13.3. The zero-order valence-corrected chi connectivity index (χ0v) is 17.8. The van der Waals surface area contributed by atoms with Gasteiger partial charge in [0, 0.05) is 62.9 Å². The molecule has 1 aliphatic heterocycles. The van der Waals surface area contributed by atoms with Crippen molar-refractivity contribution in [2.75, 3.05) is 46.4 Å². The molecule has 0 unspecified atom stereocenters. The fraction of sp³-hybridized carbons (Fsp3) is 0.348. The Kier molecular flexibility index (Phi) is 5.64. The molecule has 8 heteroatoms. The number of piperazine rings is 1. The second kappa shape index (κ2) is 8.87. The Morgan fingerprint density at radius 1 is 1.00 bits per heavy atom. The molecule has 0 radical (unpaired) electrons. The van der Waals surface area contributed by atoms with Crippen LogP contribution < -0.4 is 4.74 Å². The normalized spacial score (nSPS) is 15.5. The Labute approximate surface area is 181 Å². The predicted molar refractivity (Wildman–Crippen MR) is 120 cm³/mol. The number of hydrogen-bond acceptors (Lipinski definition) is 6. The molecule has 4 aromatic rings. The molecule has 0 spiro atoms. The Morgan fingerprint density at radius 3 is 2.68 bits per heavy atom. The van der Waals surface area contributed by atoms with Crippen LogP contribution in [-0.2, 0) is 6.54 Å². The van der Waals surface area contributed by atoms with Crippen molar-refractivity contribution in [2.45, 2.75) is 6.54 Å². The van der Waals surface area contributed by atoms with Crippen molar-refractivity contribution in [3.8, 4) is 11.4 Å². The number of rotatable bonds is 7. The molecule has 0 saturated carbocycles. The second-order valence-corrected chi connectivity index (χ2v) is 7.97. The number of imidazole rings is 1. The molecule has 1 aromatic carbocycles. The molecular weight excluding hydrogens is 390 g/mol. The van der Waals surface area contributed by atoms with E-state index in [1.165, 1.54) is 0 Å². The van der Waals surface area contributed by atoms with Gasteiger partial charge < -0.3 is 14.2 Å². The van der Waals surface area contributed by atoms with Gasteiger partial charge in [-0.3, -0.25) is 14.6 Å². The van der Waals surface area contributed by atoms with Crippen LogP contribution in [0.2, 0.25) is 0 Å². The molecule has 1 fully saturated rings. The first-order valence-corrected chi connectivity index (χ1v) is 10.7. The molecule has 0 bridgehead atoms. The lowest BCUT2D eigenvalue weighted by Gasteiger charge is -2.32. The Balaban J connectivity index is 1.42. The number of pyridine rings is 1. The maximum atomic E-state index is 6.30. The molecule has 5 rings (SSSR count). The average Bonchev–Trinajstić information content (AvgIpc) is 3.47. The Bertz CT molecular complexity index is 1120. The number of benzene rings is 1. The molecule has 8 nitrogen and oxygen atoms in total. The van der Waals surface area contributed by atoms with Crippen molar-refractivity contribution in [1.82, 2.24) is 34.1 Å². The number of likely N-dealkylation sites (N-methyl/N-ethyl adjacent to an activating group) is 1. The highest BCUT2D eigenvalue weighted by Crippen LogP contribution is 2.31. The van der Waals surface area contributed by atoms with Crippen LogP contribution in [-0.4, -0.2) is 80.5 Å². The SMILES string of the molecule is CN1CCN(CCOc2ccc(-n3ccnc3)c3cnn(Cc4cccnc4)c23)CC1. The quantitative estimate of drug-likeness (QED) is 0.460. The van der Waals surface area contributed by atoms with Gasteiger partial charge in [0.25, 0.3) is 0 Å². The largest absolute Gasteiger partial charge is 0.490 e. The molecule has 4 heterocycles. The van der Waals surface area contributed by atoms with E-state index in [1.807, 2.05) is 40.0 Å². The molecule has 160 valence electrons. The first kappa shape index (κ1) is 19.7. The van der Waals surface area contributed by atoms with Crippen molar-refractivity contribution >= 4 is 10.9 Å². The summed E-state index contributed by atoms with van der Waals surface area (Å²) in [6.07, 6.45) is 11.1. The lowest BCUT2D eigenvalue weighted by molar-refractivity contribution is 0.134. The molecule has 3 aromatic heterocycles. The van der Waals surface area contributed by atoms with Crippen LogP contribution in [0.4, 0.5) is 0 Å². The van der Waals surface area contributed by atoms with Crippen LogP contribution in [0, 0.1) is 0 Å². The van der Waals surface area contributed by atoms with E-state index in [0.717, 1.165) is 60.6 Å². The van der Waals surface area contributed by atoms with Crippen molar-refractivity contribution < 1.29 is 4.74 Å². The zero-order chi connectivity index (χ0) is 21.0. The van der Waals surface area contributed by atoms with E-state index in [4.69, 9.17) is 4.74 Å². The molecular formula is C23H27N7O. The van der Waals surface area contributed by atoms with Crippen molar-refractivity contribution in [3.63, 3.8) is 0 Å². The molecule has 0 N–H and O–H groups in total. The van der Waals surface area contributed by atoms with Crippen LogP contribution in [0.15, 0.2) is 61.6 Å². The standard InChI is InChI=1S/C23H27N7O/c1-27-9-11-28(12-10-27)13-14-31-22-5-4-21(29-8-7-25-18-29)20-16-26-30(23(20)22)17-19-3-2-6-24-15-19/h2-8,15-16,18H,9-14,17H2,1H3. The van der Waals surface area contributed by atoms with Gasteiger partial charge in [0.05, 0.1) is 24.8 Å². The number of hydrogen-bond donors (Lipinski definition) is 0. The maximum absolute atomic E-state index is 6.30. The third-order valence-corrected chi connectivity index (χ3v) is 5.84. The van der Waals surface area contributed by atoms with Crippen LogP contribution in [0.1, 0.15) is 5.56 Å². The minimum absolute atomic E-state index is 0.638. The summed E-state index contributed by atoms with van der Waals surface area (Å²) in [6, 6.07) is 8.13. The summed E-state index contributed by atoms with van der Waals surface area (Å²) >= 11 is 0. The van der Waals surface area contributed by atoms with Gasteiger partial charge in [-0.05, 0) is 30.8 Å². The van der Waals surface area contributed by atoms with Gasteiger partial charge in [-0.1, -0.05) is 6.07 Å². The third kappa shape index (κ3) is 4.30. The molecule has 1 saturated heterocycles. The fourth-order valence-electron chi connectivity index (χ4n) is 4.04. The lowest BCUT2D eigenvalue weighted by atomic mass is 10.2. The lowest BCUT2D eigenvalue weighted by Crippen LogP contribution is -2.45. The van der Waals surface area contributed by atoms with E-state index in [0.29, 0.717) is 13.2 Å². The fourth-order valence-corrected chi connectivity index (χ4v) is 4.04. The Hall–Kier alpha value is -3.23. The van der Waals surface area contributed by atoms with Gasteiger partial charge in [-0.25, -0.2) is 4.98 Å². The molecule has 31 heavy (non-hydrogen) atoms. The molecule has 0 amide bonds. The summed E-state index contributed by atoms with van der Waals surface area (Å²) in [6.45, 7) is 6.63. The molecule has 0 aliphatic carbocycles. The predicted octanol–water partition coefficient (Wildman–Crippen LogP) is 2.29. The van der Waals surface area contributed by atoms with Gasteiger partial charge in [-0.2, -0.15) is 5.10 Å². The van der Waals surface area contributed by atoms with Gasteiger partial charge in [-0.15, -0.1) is 0 Å². The minimum atomic E-state index is 0.638. The minimum Gasteiger partial charge on any atom is -0.490 e. The summed E-state index contributed by atoms with van der Waals surface area (Å²) < 4.78 is 10.3. The van der Waals surface area contributed by atoms with Gasteiger partial charge in [0.1, 0.15) is 17.9 Å². The van der Waals surface area contributed by atoms with Crippen LogP contribution in [0.5, 0.6) is 5.75 Å². The summed E-state index contributed by atoms with van der Waals surface area (Å²) in [5.41, 5.74) is 3.13. The second-order valence-electron chi connectivity index (χ2n) is 7.97. The first-order chi connectivity index (χ1) is 15.3. The smallest absolute Gasteiger partial charge is 0.145 e. The highest BCUT2D eigenvalue weighted by Gasteiger charge is 2.17. The zero-order valence-electron chi connectivity index (χ0n) is 17.8. The number of fused-ring (bicyclic) bond motifs is 1. The van der Waals surface area contributed by atoms with E-state index >= 15 is 0 Å². The van der Waals surface area contributed by atoms with Crippen LogP contribution in [0.3, 0.4) is 0 Å². The van der Waals surface area contributed by atoms with Gasteiger partial charge in [0.2, 0.25) is 0 Å². The van der Waals surface area contributed by atoms with Gasteiger partial charge in [0.15, 0.2) is 0 Å². The summed E-state index contributed by atoms with van der Waals surface area (Å²) in [7, 11) is 2.18. The summed E-state index contributed by atoms with van der Waals surface area (Å²) in [5, 5.41) is 5.73. The first-order valence-electron chi connectivity index (χ1n) is 10.7. The maximum Gasteiger partial charge on any atom is 0.145 e. The van der Waals surface area contributed by atoms with E-state index in [9.17, 15) is 0 Å². The molecule has 1 aliphatic rings. The average molecular weight is 418 g/mol. The van der Waals surface area contributed by atoms with E-state index in [1.54, 1.807) is 18.7 Å². The topological polar surface area (TPSA) is 64.2 Å². The number of ether oxygens (including phenoxy) is 1. The highest BCUT2D eigenvalue weighted by molar-refractivity contribution is 5.92. The van der Waals surface area contributed by atoms with E-state index in [2.05, 4.69) is 44.0 Å². The Morgan fingerprint density at radius 2 is 1.90 bits per heavy atom. The number of aromatic nitrogens is 5. The van der Waals surface area contributed by atoms with Gasteiger partial charge >= 0.3 is 0 Å². The van der Waals surface area contributed by atoms with E-state index in [-0.39, 0.29) is 0 Å².